The van der Waals surface area contributed by atoms with Gasteiger partial charge in [-0.2, -0.15) is 0 Å². The van der Waals surface area contributed by atoms with Crippen molar-refractivity contribution < 1.29 is 29.6 Å². The predicted molar refractivity (Wildman–Crippen MR) is 108 cm³/mol. The van der Waals surface area contributed by atoms with E-state index in [1.165, 1.54) is 26.4 Å². The average Bonchev–Trinajstić information content (AvgIpc) is 2.73. The second-order valence-corrected chi connectivity index (χ2v) is 6.06. The Morgan fingerprint density at radius 3 is 2.28 bits per heavy atom. The summed E-state index contributed by atoms with van der Waals surface area (Å²) >= 11 is 0. The summed E-state index contributed by atoms with van der Waals surface area (Å²) in [6.45, 7) is 1.12. The number of rotatable bonds is 8. The number of carbonyl (C=O) groups excluding carboxylic acids is 1. The molecule has 1 heterocycles. The molecule has 0 radical (unpaired) electrons. The number of aryl methyl sites for hydroxylation is 1. The summed E-state index contributed by atoms with van der Waals surface area (Å²) in [5.74, 6) is -0.366. The third kappa shape index (κ3) is 4.74. The number of aliphatic hydroxyl groups is 1. The maximum Gasteiger partial charge on any atom is 0.200 e. The Morgan fingerprint density at radius 2 is 1.76 bits per heavy atom. The molecule has 0 fully saturated rings. The van der Waals surface area contributed by atoms with Crippen LogP contribution in [0, 0.1) is 6.92 Å². The number of aromatic hydroxyl groups is 2. The highest BCUT2D eigenvalue weighted by Gasteiger charge is 2.20. The van der Waals surface area contributed by atoms with Crippen LogP contribution in [0.1, 0.15) is 32.9 Å². The van der Waals surface area contributed by atoms with E-state index < -0.39 is 12.4 Å². The Bertz CT molecular complexity index is 941. The quantitative estimate of drug-likeness (QED) is 0.301. The molecule has 0 saturated heterocycles. The van der Waals surface area contributed by atoms with Crippen LogP contribution in [-0.2, 0) is 13.2 Å². The van der Waals surface area contributed by atoms with Gasteiger partial charge >= 0.3 is 0 Å². The second-order valence-electron chi connectivity index (χ2n) is 6.06. The van der Waals surface area contributed by atoms with Crippen molar-refractivity contribution >= 4 is 11.9 Å². The Labute approximate surface area is 168 Å². The molecule has 8 nitrogen and oxygen atoms in total. The van der Waals surface area contributed by atoms with Gasteiger partial charge in [0.25, 0.3) is 0 Å². The molecule has 0 aliphatic carbocycles. The largest absolute Gasteiger partial charge is 0.505 e. The molecular formula is C21H24N2O6. The SMILES string of the molecule is COc1cc(C=CC=CC(=O)c2c(O)c(C)nc(CN)c2CO)cc(OC)c1O. The number of phenols is 1. The number of aliphatic hydroxyl groups excluding tert-OH is 1. The van der Waals surface area contributed by atoms with Gasteiger partial charge in [0.05, 0.1) is 37.8 Å². The molecule has 0 aliphatic rings. The van der Waals surface area contributed by atoms with Gasteiger partial charge in [0.1, 0.15) is 5.75 Å². The first-order chi connectivity index (χ1) is 13.9. The molecule has 0 bridgehead atoms. The smallest absolute Gasteiger partial charge is 0.200 e. The van der Waals surface area contributed by atoms with E-state index in [1.807, 2.05) is 0 Å². The van der Waals surface area contributed by atoms with Crippen molar-refractivity contribution in [3.63, 3.8) is 0 Å². The number of carbonyl (C=O) groups is 1. The number of hydrogen-bond acceptors (Lipinski definition) is 8. The van der Waals surface area contributed by atoms with Gasteiger partial charge in [-0.05, 0) is 30.7 Å². The molecule has 2 aromatic rings. The molecular weight excluding hydrogens is 376 g/mol. The highest BCUT2D eigenvalue weighted by Crippen LogP contribution is 2.37. The maximum absolute atomic E-state index is 12.6. The Balaban J connectivity index is 2.30. The van der Waals surface area contributed by atoms with E-state index in [0.29, 0.717) is 11.3 Å². The van der Waals surface area contributed by atoms with Crippen LogP contribution in [0.25, 0.3) is 6.08 Å². The van der Waals surface area contributed by atoms with E-state index in [2.05, 4.69) is 4.98 Å². The van der Waals surface area contributed by atoms with E-state index in [4.69, 9.17) is 15.2 Å². The molecule has 29 heavy (non-hydrogen) atoms. The molecule has 0 amide bonds. The Hall–Kier alpha value is -3.36. The highest BCUT2D eigenvalue weighted by molar-refractivity contribution is 6.08. The Kier molecular flexibility index (Phi) is 7.35. The minimum Gasteiger partial charge on any atom is -0.505 e. The van der Waals surface area contributed by atoms with Gasteiger partial charge in [0.15, 0.2) is 17.3 Å². The van der Waals surface area contributed by atoms with Crippen molar-refractivity contribution in [1.29, 1.82) is 0 Å². The standard InChI is InChI=1S/C21H24N2O6/c1-12-20(26)19(14(11-24)15(10-22)23-12)16(25)7-5-4-6-13-8-17(28-2)21(27)18(9-13)29-3/h4-9,24,26-27H,10-11,22H2,1-3H3. The number of methoxy groups -OCH3 is 2. The van der Waals surface area contributed by atoms with Crippen LogP contribution in [0.3, 0.4) is 0 Å². The molecule has 154 valence electrons. The molecule has 5 N–H and O–H groups in total. The van der Waals surface area contributed by atoms with Gasteiger partial charge in [0.2, 0.25) is 5.75 Å². The van der Waals surface area contributed by atoms with Crippen molar-refractivity contribution in [2.75, 3.05) is 14.2 Å². The monoisotopic (exact) mass is 400 g/mol. The van der Waals surface area contributed by atoms with E-state index in [0.717, 1.165) is 0 Å². The van der Waals surface area contributed by atoms with Crippen molar-refractivity contribution in [3.8, 4) is 23.0 Å². The van der Waals surface area contributed by atoms with Crippen LogP contribution < -0.4 is 15.2 Å². The number of nitrogens with two attached hydrogens (primary N) is 1. The van der Waals surface area contributed by atoms with Crippen LogP contribution in [0.4, 0.5) is 0 Å². The van der Waals surface area contributed by atoms with Crippen molar-refractivity contribution in [2.24, 2.45) is 5.73 Å². The fourth-order valence-electron chi connectivity index (χ4n) is 2.80. The number of benzene rings is 1. The summed E-state index contributed by atoms with van der Waals surface area (Å²) in [6, 6.07) is 3.22. The molecule has 8 heteroatoms. The molecule has 0 atom stereocenters. The van der Waals surface area contributed by atoms with Crippen molar-refractivity contribution in [1.82, 2.24) is 4.98 Å². The number of ether oxygens (including phenoxy) is 2. The molecule has 0 aliphatic heterocycles. The third-order valence-corrected chi connectivity index (χ3v) is 4.28. The highest BCUT2D eigenvalue weighted by atomic mass is 16.5. The first-order valence-electron chi connectivity index (χ1n) is 8.74. The van der Waals surface area contributed by atoms with Gasteiger partial charge in [-0.25, -0.2) is 0 Å². The number of nitrogens with zero attached hydrogens (tertiary/aromatic N) is 1. The minimum atomic E-state index is -0.489. The summed E-state index contributed by atoms with van der Waals surface area (Å²) in [7, 11) is 2.86. The topological polar surface area (TPSA) is 135 Å². The molecule has 0 saturated carbocycles. The molecule has 1 aromatic heterocycles. The third-order valence-electron chi connectivity index (χ3n) is 4.28. The predicted octanol–water partition coefficient (Wildman–Crippen LogP) is 2.22. The number of hydrogen-bond donors (Lipinski definition) is 4. The fourth-order valence-corrected chi connectivity index (χ4v) is 2.80. The lowest BCUT2D eigenvalue weighted by Crippen LogP contribution is -2.12. The second kappa shape index (κ2) is 9.72. The number of pyridine rings is 1. The molecule has 0 unspecified atom stereocenters. The van der Waals surface area contributed by atoms with E-state index >= 15 is 0 Å². The van der Waals surface area contributed by atoms with Crippen LogP contribution >= 0.6 is 0 Å². The molecule has 2 rings (SSSR count). The van der Waals surface area contributed by atoms with Crippen LogP contribution in [-0.4, -0.2) is 40.3 Å². The maximum atomic E-state index is 12.6. The molecule has 1 aromatic carbocycles. The van der Waals surface area contributed by atoms with Crippen molar-refractivity contribution in [2.45, 2.75) is 20.1 Å². The van der Waals surface area contributed by atoms with Crippen LogP contribution in [0.5, 0.6) is 23.0 Å². The lowest BCUT2D eigenvalue weighted by Gasteiger charge is -2.13. The van der Waals surface area contributed by atoms with Gasteiger partial charge in [-0.3, -0.25) is 9.78 Å². The van der Waals surface area contributed by atoms with Gasteiger partial charge in [-0.15, -0.1) is 0 Å². The summed E-state index contributed by atoms with van der Waals surface area (Å²) in [6.07, 6.45) is 6.05. The van der Waals surface area contributed by atoms with Crippen molar-refractivity contribution in [3.05, 3.63) is 58.4 Å². The van der Waals surface area contributed by atoms with E-state index in [9.17, 15) is 20.1 Å². The summed E-state index contributed by atoms with van der Waals surface area (Å²) in [5, 5.41) is 29.8. The first-order valence-corrected chi connectivity index (χ1v) is 8.74. The van der Waals surface area contributed by atoms with E-state index in [1.54, 1.807) is 31.2 Å². The lowest BCUT2D eigenvalue weighted by atomic mass is 9.99. The van der Waals surface area contributed by atoms with Gasteiger partial charge in [0, 0.05) is 12.1 Å². The number of phenolic OH excluding ortho intramolecular Hbond substituents is 1. The zero-order valence-corrected chi connectivity index (χ0v) is 16.5. The lowest BCUT2D eigenvalue weighted by molar-refractivity contribution is 0.104. The normalized spacial score (nSPS) is 11.3. The van der Waals surface area contributed by atoms with E-state index in [-0.39, 0.29) is 46.4 Å². The number of allylic oxidation sites excluding steroid dienone is 3. The zero-order chi connectivity index (χ0) is 21.6. The zero-order valence-electron chi connectivity index (χ0n) is 16.5. The number of aromatic nitrogens is 1. The average molecular weight is 400 g/mol. The summed E-state index contributed by atoms with van der Waals surface area (Å²) in [4.78, 5) is 16.7. The summed E-state index contributed by atoms with van der Waals surface area (Å²) in [5.41, 5.74) is 7.12. The molecule has 0 spiro atoms. The van der Waals surface area contributed by atoms with Gasteiger partial charge in [-0.1, -0.05) is 18.2 Å². The fraction of sp³-hybridized carbons (Fsp3) is 0.238. The minimum absolute atomic E-state index is 0.0157. The Morgan fingerprint density at radius 1 is 1.14 bits per heavy atom. The summed E-state index contributed by atoms with van der Waals surface area (Å²) < 4.78 is 10.2. The van der Waals surface area contributed by atoms with Crippen LogP contribution in [0.15, 0.2) is 30.4 Å². The van der Waals surface area contributed by atoms with Crippen LogP contribution in [0.2, 0.25) is 0 Å². The first kappa shape index (κ1) is 21.9. The van der Waals surface area contributed by atoms with Gasteiger partial charge < -0.3 is 30.5 Å². The number of ketones is 1.